The van der Waals surface area contributed by atoms with Crippen LogP contribution in [-0.2, 0) is 10.3 Å². The SMILES string of the molecule is C[C@@H]1C[C@@](C)(c2ccc(Cl)c(C#N)c2)C[C@H]2[C@H]1N(C)OC2(C)C. The molecule has 4 atom stereocenters. The molecule has 23 heavy (non-hydrogen) atoms. The van der Waals surface area contributed by atoms with Crippen LogP contribution in [0.15, 0.2) is 18.2 Å². The first-order valence-corrected chi connectivity index (χ1v) is 8.68. The summed E-state index contributed by atoms with van der Waals surface area (Å²) in [4.78, 5) is 6.12. The first kappa shape index (κ1) is 16.8. The van der Waals surface area contributed by atoms with Crippen molar-refractivity contribution < 1.29 is 4.84 Å². The van der Waals surface area contributed by atoms with Crippen LogP contribution in [0, 0.1) is 23.2 Å². The Hall–Kier alpha value is -1.08. The molecule has 1 aliphatic heterocycles. The smallest absolute Gasteiger partial charge is 0.101 e. The van der Waals surface area contributed by atoms with Crippen LogP contribution in [0.5, 0.6) is 0 Å². The zero-order valence-corrected chi connectivity index (χ0v) is 15.3. The minimum Gasteiger partial charge on any atom is -0.293 e. The Morgan fingerprint density at radius 2 is 2.00 bits per heavy atom. The first-order valence-electron chi connectivity index (χ1n) is 8.30. The van der Waals surface area contributed by atoms with Gasteiger partial charge in [0.25, 0.3) is 0 Å². The third-order valence-electron chi connectivity index (χ3n) is 5.91. The second kappa shape index (κ2) is 5.48. The van der Waals surface area contributed by atoms with E-state index in [-0.39, 0.29) is 11.0 Å². The number of hydrogen-bond acceptors (Lipinski definition) is 3. The van der Waals surface area contributed by atoms with Crippen molar-refractivity contribution in [2.24, 2.45) is 11.8 Å². The number of nitriles is 1. The summed E-state index contributed by atoms with van der Waals surface area (Å²) in [6.07, 6.45) is 2.15. The van der Waals surface area contributed by atoms with E-state index in [1.54, 1.807) is 0 Å². The maximum Gasteiger partial charge on any atom is 0.101 e. The van der Waals surface area contributed by atoms with Crippen molar-refractivity contribution in [2.75, 3.05) is 7.05 Å². The third kappa shape index (κ3) is 2.67. The van der Waals surface area contributed by atoms with Gasteiger partial charge in [0.15, 0.2) is 0 Å². The van der Waals surface area contributed by atoms with Crippen LogP contribution >= 0.6 is 11.6 Å². The van der Waals surface area contributed by atoms with Crippen LogP contribution in [0.25, 0.3) is 0 Å². The highest BCUT2D eigenvalue weighted by Gasteiger charge is 2.55. The van der Waals surface area contributed by atoms with Gasteiger partial charge in [-0.3, -0.25) is 4.84 Å². The number of benzene rings is 1. The van der Waals surface area contributed by atoms with Gasteiger partial charge in [-0.2, -0.15) is 10.3 Å². The van der Waals surface area contributed by atoms with Crippen LogP contribution < -0.4 is 0 Å². The van der Waals surface area contributed by atoms with E-state index in [4.69, 9.17) is 16.4 Å². The lowest BCUT2D eigenvalue weighted by Crippen LogP contribution is -2.48. The molecule has 124 valence electrons. The summed E-state index contributed by atoms with van der Waals surface area (Å²) in [6, 6.07) is 8.59. The molecule has 0 aromatic heterocycles. The Morgan fingerprint density at radius 1 is 1.30 bits per heavy atom. The number of halogens is 1. The lowest BCUT2D eigenvalue weighted by molar-refractivity contribution is -0.182. The Morgan fingerprint density at radius 3 is 2.65 bits per heavy atom. The fraction of sp³-hybridized carbons (Fsp3) is 0.632. The van der Waals surface area contributed by atoms with Gasteiger partial charge in [0.1, 0.15) is 6.07 Å². The lowest BCUT2D eigenvalue weighted by Gasteiger charge is -2.46. The van der Waals surface area contributed by atoms with E-state index in [0.29, 0.717) is 28.5 Å². The Bertz CT molecular complexity index is 666. The average Bonchev–Trinajstić information content (AvgIpc) is 2.68. The largest absolute Gasteiger partial charge is 0.293 e. The van der Waals surface area contributed by atoms with E-state index >= 15 is 0 Å². The van der Waals surface area contributed by atoms with Crippen molar-refractivity contribution in [1.82, 2.24) is 5.06 Å². The van der Waals surface area contributed by atoms with Gasteiger partial charge in [0.2, 0.25) is 0 Å². The van der Waals surface area contributed by atoms with Gasteiger partial charge in [-0.15, -0.1) is 0 Å². The van der Waals surface area contributed by atoms with E-state index in [1.165, 1.54) is 5.56 Å². The normalized spacial score (nSPS) is 36.5. The van der Waals surface area contributed by atoms with E-state index in [2.05, 4.69) is 51.9 Å². The number of rotatable bonds is 1. The maximum absolute atomic E-state index is 9.28. The lowest BCUT2D eigenvalue weighted by atomic mass is 9.59. The molecular weight excluding hydrogens is 308 g/mol. The van der Waals surface area contributed by atoms with Crippen LogP contribution in [0.3, 0.4) is 0 Å². The quantitative estimate of drug-likeness (QED) is 0.757. The standard InChI is InChI=1S/C19H25ClN2O/c1-12-9-19(4,14-6-7-16(20)13(8-14)11-21)10-15-17(12)22(5)23-18(15,2)3/h6-8,12,15,17H,9-10H2,1-5H3/t12-,15+,17+,19-/m1/s1. The molecule has 0 radical (unpaired) electrons. The molecule has 1 aliphatic carbocycles. The minimum absolute atomic E-state index is 0.0442. The van der Waals surface area contributed by atoms with E-state index < -0.39 is 0 Å². The van der Waals surface area contributed by atoms with Gasteiger partial charge < -0.3 is 0 Å². The summed E-state index contributed by atoms with van der Waals surface area (Å²) >= 11 is 6.11. The highest BCUT2D eigenvalue weighted by Crippen LogP contribution is 2.53. The molecule has 4 heteroatoms. The summed E-state index contributed by atoms with van der Waals surface area (Å²) in [7, 11) is 2.06. The summed E-state index contributed by atoms with van der Waals surface area (Å²) in [6.45, 7) is 9.01. The molecular formula is C19H25ClN2O. The summed E-state index contributed by atoms with van der Waals surface area (Å²) < 4.78 is 0. The van der Waals surface area contributed by atoms with E-state index in [0.717, 1.165) is 12.8 Å². The Kier molecular flexibility index (Phi) is 3.99. The molecule has 3 rings (SSSR count). The maximum atomic E-state index is 9.28. The monoisotopic (exact) mass is 332 g/mol. The highest BCUT2D eigenvalue weighted by molar-refractivity contribution is 6.31. The number of hydrogen-bond donors (Lipinski definition) is 0. The first-order chi connectivity index (χ1) is 10.7. The molecule has 0 unspecified atom stereocenters. The fourth-order valence-corrected chi connectivity index (χ4v) is 5.07. The third-order valence-corrected chi connectivity index (χ3v) is 6.24. The van der Waals surface area contributed by atoms with E-state index in [9.17, 15) is 5.26 Å². The van der Waals surface area contributed by atoms with Crippen molar-refractivity contribution in [3.63, 3.8) is 0 Å². The molecule has 3 nitrogen and oxygen atoms in total. The van der Waals surface area contributed by atoms with Crippen LogP contribution in [-0.4, -0.2) is 23.8 Å². The average molecular weight is 333 g/mol. The van der Waals surface area contributed by atoms with Crippen LogP contribution in [0.1, 0.15) is 51.7 Å². The number of hydroxylamine groups is 2. The number of nitrogens with zero attached hydrogens (tertiary/aromatic N) is 2. The minimum atomic E-state index is -0.153. The van der Waals surface area contributed by atoms with Crippen molar-refractivity contribution in [2.45, 2.75) is 57.6 Å². The molecule has 0 spiro atoms. The van der Waals surface area contributed by atoms with Gasteiger partial charge in [0, 0.05) is 19.0 Å². The molecule has 1 saturated heterocycles. The zero-order chi connectivity index (χ0) is 17.0. The predicted octanol–water partition coefficient (Wildman–Crippen LogP) is 4.54. The molecule has 0 amide bonds. The summed E-state index contributed by atoms with van der Waals surface area (Å²) in [5.74, 6) is 1.01. The fourth-order valence-electron chi connectivity index (χ4n) is 4.91. The second-order valence-corrected chi connectivity index (χ2v) is 8.50. The highest BCUT2D eigenvalue weighted by atomic mass is 35.5. The second-order valence-electron chi connectivity index (χ2n) is 8.09. The molecule has 0 N–H and O–H groups in total. The van der Waals surface area contributed by atoms with Gasteiger partial charge in [-0.25, -0.2) is 0 Å². The van der Waals surface area contributed by atoms with Crippen molar-refractivity contribution in [3.05, 3.63) is 34.3 Å². The van der Waals surface area contributed by atoms with Crippen LogP contribution in [0.4, 0.5) is 0 Å². The topological polar surface area (TPSA) is 36.3 Å². The zero-order valence-electron chi connectivity index (χ0n) is 14.6. The van der Waals surface area contributed by atoms with Crippen LogP contribution in [0.2, 0.25) is 5.02 Å². The molecule has 1 saturated carbocycles. The van der Waals surface area contributed by atoms with Crippen molar-refractivity contribution in [1.29, 1.82) is 5.26 Å². The molecule has 1 aromatic carbocycles. The summed E-state index contributed by atoms with van der Waals surface area (Å²) in [5.41, 5.74) is 1.68. The van der Waals surface area contributed by atoms with Gasteiger partial charge in [-0.1, -0.05) is 31.5 Å². The van der Waals surface area contributed by atoms with Gasteiger partial charge in [0.05, 0.1) is 16.2 Å². The Labute approximate surface area is 144 Å². The van der Waals surface area contributed by atoms with Gasteiger partial charge >= 0.3 is 0 Å². The molecule has 1 heterocycles. The molecule has 2 fully saturated rings. The number of fused-ring (bicyclic) bond motifs is 1. The van der Waals surface area contributed by atoms with Crippen molar-refractivity contribution in [3.8, 4) is 6.07 Å². The summed E-state index contributed by atoms with van der Waals surface area (Å²) in [5, 5.41) is 11.9. The van der Waals surface area contributed by atoms with Gasteiger partial charge in [-0.05, 0) is 55.7 Å². The Balaban J connectivity index is 1.99. The van der Waals surface area contributed by atoms with E-state index in [1.807, 2.05) is 12.1 Å². The van der Waals surface area contributed by atoms with Crippen molar-refractivity contribution >= 4 is 11.6 Å². The predicted molar refractivity (Wildman–Crippen MR) is 92.1 cm³/mol. The molecule has 0 bridgehead atoms. The molecule has 1 aromatic rings. The molecule has 2 aliphatic rings.